The highest BCUT2D eigenvalue weighted by atomic mass is 32.2. The Bertz CT molecular complexity index is 4260. The number of nitrogens with zero attached hydrogens (tertiary/aromatic N) is 6. The highest BCUT2D eigenvalue weighted by molar-refractivity contribution is 7.90. The van der Waals surface area contributed by atoms with Crippen LogP contribution < -0.4 is 0 Å². The van der Waals surface area contributed by atoms with Crippen molar-refractivity contribution in [3.63, 3.8) is 0 Å². The third-order valence-electron chi connectivity index (χ3n) is 13.2. The van der Waals surface area contributed by atoms with Crippen LogP contribution >= 0.6 is 0 Å². The smallest absolute Gasteiger partial charge is 0.340 e. The number of aryl methyl sites for hydroxylation is 2. The van der Waals surface area contributed by atoms with Crippen molar-refractivity contribution in [1.29, 1.82) is 0 Å². The molecule has 0 aliphatic heterocycles. The van der Waals surface area contributed by atoms with Gasteiger partial charge in [0, 0.05) is 49.9 Å². The van der Waals surface area contributed by atoms with Gasteiger partial charge in [-0.1, -0.05) is 69.2 Å². The maximum Gasteiger partial charge on any atom is 0.340 e. The van der Waals surface area contributed by atoms with Gasteiger partial charge in [0.25, 0.3) is 20.0 Å². The van der Waals surface area contributed by atoms with E-state index < -0.39 is 37.7 Å². The number of carbonyl (C=O) groups is 1. The molecule has 12 nitrogen and oxygen atoms in total. The van der Waals surface area contributed by atoms with E-state index in [-0.39, 0.29) is 33.0 Å². The van der Waals surface area contributed by atoms with Crippen LogP contribution in [-0.2, 0) is 24.8 Å². The van der Waals surface area contributed by atoms with Crippen LogP contribution in [-0.4, -0.2) is 57.4 Å². The van der Waals surface area contributed by atoms with Gasteiger partial charge in [-0.3, -0.25) is 0 Å². The van der Waals surface area contributed by atoms with Gasteiger partial charge in [0.2, 0.25) is 0 Å². The Balaban J connectivity index is 0.000000178. The second kappa shape index (κ2) is 19.2. The molecule has 0 aliphatic carbocycles. The monoisotopic (exact) mass is 1050 g/mol. The van der Waals surface area contributed by atoms with Crippen LogP contribution in [0.2, 0.25) is 0 Å². The molecule has 11 aromatic rings. The molecule has 0 unspecified atom stereocenters. The fourth-order valence-corrected chi connectivity index (χ4v) is 12.0. The summed E-state index contributed by atoms with van der Waals surface area (Å²) in [5.74, 6) is -2.13. The Kier molecular flexibility index (Phi) is 12.9. The van der Waals surface area contributed by atoms with E-state index in [1.165, 1.54) is 61.8 Å². The van der Waals surface area contributed by atoms with Gasteiger partial charge in [-0.15, -0.1) is 0 Å². The molecule has 7 aromatic carbocycles. The Hall–Kier alpha value is -8.28. The third-order valence-corrected chi connectivity index (χ3v) is 16.4. The van der Waals surface area contributed by atoms with Gasteiger partial charge >= 0.3 is 5.97 Å². The first-order chi connectivity index (χ1) is 35.8. The lowest BCUT2D eigenvalue weighted by Gasteiger charge is -2.16. The number of halogens is 3. The molecule has 0 saturated heterocycles. The molecule has 0 amide bonds. The molecule has 75 heavy (non-hydrogen) atoms. The zero-order valence-corrected chi connectivity index (χ0v) is 43.4. The van der Waals surface area contributed by atoms with E-state index in [0.717, 1.165) is 47.3 Å². The summed E-state index contributed by atoms with van der Waals surface area (Å²) in [6, 6.07) is 39.3. The zero-order chi connectivity index (χ0) is 53.2. The van der Waals surface area contributed by atoms with Crippen LogP contribution in [0, 0.1) is 31.3 Å². The molecule has 11 rings (SSSR count). The molecule has 380 valence electrons. The Labute approximate surface area is 431 Å². The number of benzene rings is 7. The topological polar surface area (TPSA) is 140 Å². The van der Waals surface area contributed by atoms with Crippen molar-refractivity contribution in [1.82, 2.24) is 27.5 Å². The summed E-state index contributed by atoms with van der Waals surface area (Å²) < 4.78 is 107. The van der Waals surface area contributed by atoms with Gasteiger partial charge in [-0.2, -0.15) is 35.2 Å². The maximum absolute atomic E-state index is 15.3. The van der Waals surface area contributed by atoms with Crippen molar-refractivity contribution < 1.29 is 39.5 Å². The van der Waals surface area contributed by atoms with E-state index >= 15 is 4.39 Å². The minimum Gasteiger partial charge on any atom is -0.465 e. The van der Waals surface area contributed by atoms with Crippen LogP contribution in [0.1, 0.15) is 72.4 Å². The quantitative estimate of drug-likeness (QED) is 0.123. The number of aromatic nitrogens is 6. The van der Waals surface area contributed by atoms with Gasteiger partial charge < -0.3 is 13.9 Å². The normalized spacial score (nSPS) is 12.1. The molecule has 0 spiro atoms. The SMILES string of the molecule is COC(=O)c1ccc(-c2c(C(C)C)n(-c3ccc(F)cc3)c3cc4cnn(S(=O)(=O)c5ccc(C)cc5)c4cc23)cc1F.Cc1ccc(S(=O)(=O)n2ncc3cc4c(cc(C(C)C)n4-c4ccc(F)cc4)cc32)cc1. The summed E-state index contributed by atoms with van der Waals surface area (Å²) in [7, 11) is -6.69. The molecule has 0 bridgehead atoms. The standard InChI is InChI=1S/C33H27F2N3O4S.C25H22FN3O2S/c1-19(2)32-31(21-7-14-26(28(35)15-21)33(39)42-4)27-17-29-22(16-30(27)37(32)24-10-8-23(34)9-11-24)18-36-38(29)43(40,41)25-12-5-20(3)6-13-25;1-16(2)23-12-18-13-25-19(14-24(18)28(23)21-8-6-20(26)7-9-21)15-27-29(25)32(30,31)22-10-4-17(3)5-11-22/h5-19H,1-4H3;4-16H,1-3H3. The molecule has 0 N–H and O–H groups in total. The number of methoxy groups -OCH3 is 1. The van der Waals surface area contributed by atoms with E-state index in [0.29, 0.717) is 49.5 Å². The lowest BCUT2D eigenvalue weighted by Crippen LogP contribution is -2.14. The Morgan fingerprint density at radius 2 is 1.01 bits per heavy atom. The second-order valence-electron chi connectivity index (χ2n) is 19.0. The first-order valence-electron chi connectivity index (χ1n) is 23.9. The maximum atomic E-state index is 15.3. The van der Waals surface area contributed by atoms with Crippen LogP contribution in [0.3, 0.4) is 0 Å². The molecule has 17 heteroatoms. The molecule has 4 heterocycles. The number of fused-ring (bicyclic) bond motifs is 4. The van der Waals surface area contributed by atoms with E-state index in [1.54, 1.807) is 79.0 Å². The molecule has 0 aliphatic rings. The highest BCUT2D eigenvalue weighted by Crippen LogP contribution is 2.43. The number of rotatable bonds is 10. The van der Waals surface area contributed by atoms with Crippen molar-refractivity contribution in [2.45, 2.75) is 63.2 Å². The summed E-state index contributed by atoms with van der Waals surface area (Å²) in [6.45, 7) is 11.9. The van der Waals surface area contributed by atoms with Crippen molar-refractivity contribution in [2.75, 3.05) is 7.11 Å². The second-order valence-corrected chi connectivity index (χ2v) is 22.5. The fourth-order valence-electron chi connectivity index (χ4n) is 9.50. The van der Waals surface area contributed by atoms with Gasteiger partial charge in [0.1, 0.15) is 17.5 Å². The average Bonchev–Trinajstić information content (AvgIpc) is 4.20. The van der Waals surface area contributed by atoms with Crippen LogP contribution in [0.4, 0.5) is 13.2 Å². The molecular weight excluding hydrogens is 998 g/mol. The number of ether oxygens (including phenoxy) is 1. The highest BCUT2D eigenvalue weighted by Gasteiger charge is 2.28. The van der Waals surface area contributed by atoms with Crippen molar-refractivity contribution >= 4 is 69.6 Å². The Morgan fingerprint density at radius 1 is 0.533 bits per heavy atom. The van der Waals surface area contributed by atoms with Gasteiger partial charge in [-0.25, -0.2) is 18.0 Å². The van der Waals surface area contributed by atoms with Crippen molar-refractivity contribution in [3.05, 3.63) is 204 Å². The lowest BCUT2D eigenvalue weighted by molar-refractivity contribution is 0.0595. The summed E-state index contributed by atoms with van der Waals surface area (Å²) >= 11 is 0. The van der Waals surface area contributed by atoms with Crippen LogP contribution in [0.25, 0.3) is 66.1 Å². The fraction of sp³-hybridized carbons (Fsp3) is 0.155. The molecule has 0 radical (unpaired) electrons. The summed E-state index contributed by atoms with van der Waals surface area (Å²) in [5.41, 5.74) is 8.67. The largest absolute Gasteiger partial charge is 0.465 e. The van der Waals surface area contributed by atoms with Gasteiger partial charge in [-0.05, 0) is 147 Å². The minimum absolute atomic E-state index is 0.0932. The molecule has 4 aromatic heterocycles. The molecular formula is C58H49F3N6O6S2. The summed E-state index contributed by atoms with van der Waals surface area (Å²) in [5, 5.41) is 11.3. The molecule has 0 saturated carbocycles. The predicted octanol–water partition coefficient (Wildman–Crippen LogP) is 13.2. The summed E-state index contributed by atoms with van der Waals surface area (Å²) in [4.78, 5) is 12.4. The van der Waals surface area contributed by atoms with E-state index in [9.17, 15) is 30.4 Å². The first kappa shape index (κ1) is 50.3. The average molecular weight is 1050 g/mol. The van der Waals surface area contributed by atoms with Crippen LogP contribution in [0.15, 0.2) is 168 Å². The molecule has 0 fully saturated rings. The first-order valence-corrected chi connectivity index (χ1v) is 26.8. The number of esters is 1. The van der Waals surface area contributed by atoms with Crippen LogP contribution in [0.5, 0.6) is 0 Å². The minimum atomic E-state index is -4.04. The number of carbonyl (C=O) groups excluding carboxylic acids is 1. The lowest BCUT2D eigenvalue weighted by atomic mass is 9.95. The van der Waals surface area contributed by atoms with Crippen molar-refractivity contribution in [2.24, 2.45) is 0 Å². The Morgan fingerprint density at radius 3 is 1.49 bits per heavy atom. The summed E-state index contributed by atoms with van der Waals surface area (Å²) in [6.07, 6.45) is 3.06. The zero-order valence-electron chi connectivity index (χ0n) is 41.7. The van der Waals surface area contributed by atoms with E-state index in [4.69, 9.17) is 4.74 Å². The number of hydrogen-bond donors (Lipinski definition) is 0. The third kappa shape index (κ3) is 8.94. The van der Waals surface area contributed by atoms with Gasteiger partial charge in [0.15, 0.2) is 0 Å². The van der Waals surface area contributed by atoms with Gasteiger partial charge in [0.05, 0.1) is 56.9 Å². The van der Waals surface area contributed by atoms with Crippen molar-refractivity contribution in [3.8, 4) is 22.5 Å². The van der Waals surface area contributed by atoms with E-state index in [2.05, 4.69) is 34.7 Å². The van der Waals surface area contributed by atoms with E-state index in [1.807, 2.05) is 50.5 Å². The molecule has 0 atom stereocenters. The number of hydrogen-bond acceptors (Lipinski definition) is 8. The predicted molar refractivity (Wildman–Crippen MR) is 285 cm³/mol.